The number of carbonyl (C=O) groups is 4. The molecule has 41 heavy (non-hydrogen) atoms. The fourth-order valence-electron chi connectivity index (χ4n) is 5.82. The van der Waals surface area contributed by atoms with Crippen LogP contribution in [0.3, 0.4) is 0 Å². The van der Waals surface area contributed by atoms with Gasteiger partial charge in [-0.2, -0.15) is 0 Å². The van der Waals surface area contributed by atoms with Gasteiger partial charge in [0.05, 0.1) is 0 Å². The number of esters is 4. The van der Waals surface area contributed by atoms with Crippen molar-refractivity contribution in [3.05, 3.63) is 70.3 Å². The highest BCUT2D eigenvalue weighted by atomic mass is 16.7. The second-order valence-corrected chi connectivity index (χ2v) is 10.6. The highest BCUT2D eigenvalue weighted by molar-refractivity contribution is 5.69. The molecule has 0 spiro atoms. The van der Waals surface area contributed by atoms with E-state index in [1.807, 2.05) is 6.07 Å². The molecule has 0 amide bonds. The summed E-state index contributed by atoms with van der Waals surface area (Å²) in [6.45, 7) is 6.79. The minimum Gasteiger partial charge on any atom is -0.463 e. The Morgan fingerprint density at radius 1 is 0.780 bits per heavy atom. The molecule has 9 nitrogen and oxygen atoms in total. The predicted molar refractivity (Wildman–Crippen MR) is 148 cm³/mol. The molecule has 0 aromatic heterocycles. The van der Waals surface area contributed by atoms with Gasteiger partial charge in [0.1, 0.15) is 18.8 Å². The van der Waals surface area contributed by atoms with Crippen LogP contribution in [0.2, 0.25) is 0 Å². The monoisotopic (exact) mass is 566 g/mol. The molecule has 0 bridgehead atoms. The molecule has 1 aliphatic heterocycles. The van der Waals surface area contributed by atoms with Crippen LogP contribution in [-0.2, 0) is 55.7 Å². The van der Waals surface area contributed by atoms with E-state index < -0.39 is 54.4 Å². The van der Waals surface area contributed by atoms with Gasteiger partial charge in [0.2, 0.25) is 0 Å². The molecule has 1 heterocycles. The standard InChI is InChI=1S/C32H38O9/c1-6-22-10-12-24(13-11-22)26-9-7-8-23-14-15-25(16-27(23)26)29-31(39-20(4)35)32(40-21(5)36)30(38-19(3)34)28(41-29)17-37-18(2)33/h10-16,26,28-32H,6-9,17H2,1-5H3/t26?,28?,29?,30?,31?,32-/m0/s1. The van der Waals surface area contributed by atoms with Gasteiger partial charge >= 0.3 is 23.9 Å². The minimum absolute atomic E-state index is 0.176. The zero-order chi connectivity index (χ0) is 29.7. The molecule has 0 radical (unpaired) electrons. The summed E-state index contributed by atoms with van der Waals surface area (Å²) in [5.41, 5.74) is 5.59. The largest absolute Gasteiger partial charge is 0.463 e. The number of aryl methyl sites for hydroxylation is 2. The Hall–Kier alpha value is -3.72. The highest BCUT2D eigenvalue weighted by Gasteiger charge is 2.52. The van der Waals surface area contributed by atoms with E-state index in [2.05, 4.69) is 43.3 Å². The number of carbonyl (C=O) groups excluding carboxylic acids is 4. The molecule has 0 saturated carbocycles. The van der Waals surface area contributed by atoms with Crippen LogP contribution in [0.4, 0.5) is 0 Å². The van der Waals surface area contributed by atoms with Gasteiger partial charge in [0, 0.05) is 33.6 Å². The van der Waals surface area contributed by atoms with Crippen LogP contribution in [0.1, 0.15) is 87.3 Å². The van der Waals surface area contributed by atoms with Crippen molar-refractivity contribution in [1.82, 2.24) is 0 Å². The number of benzene rings is 2. The Morgan fingerprint density at radius 3 is 2.00 bits per heavy atom. The average Bonchev–Trinajstić information content (AvgIpc) is 2.93. The molecule has 0 N–H and O–H groups in total. The molecular weight excluding hydrogens is 528 g/mol. The molecule has 220 valence electrons. The summed E-state index contributed by atoms with van der Waals surface area (Å²) in [4.78, 5) is 48.2. The van der Waals surface area contributed by atoms with E-state index >= 15 is 0 Å². The maximum Gasteiger partial charge on any atom is 0.303 e. The van der Waals surface area contributed by atoms with E-state index in [-0.39, 0.29) is 12.5 Å². The molecule has 4 rings (SSSR count). The fourth-order valence-corrected chi connectivity index (χ4v) is 5.82. The molecule has 1 saturated heterocycles. The normalized spacial score (nSPS) is 25.4. The summed E-state index contributed by atoms with van der Waals surface area (Å²) in [5.74, 6) is -2.31. The minimum atomic E-state index is -1.20. The van der Waals surface area contributed by atoms with E-state index in [0.717, 1.165) is 31.2 Å². The third-order valence-corrected chi connectivity index (χ3v) is 7.59. The number of hydrogen-bond acceptors (Lipinski definition) is 9. The van der Waals surface area contributed by atoms with Crippen molar-refractivity contribution in [3.63, 3.8) is 0 Å². The van der Waals surface area contributed by atoms with Crippen LogP contribution < -0.4 is 0 Å². The topological polar surface area (TPSA) is 114 Å². The zero-order valence-electron chi connectivity index (χ0n) is 24.2. The number of hydrogen-bond donors (Lipinski definition) is 0. The summed E-state index contributed by atoms with van der Waals surface area (Å²) in [5, 5.41) is 0. The first-order chi connectivity index (χ1) is 19.6. The van der Waals surface area contributed by atoms with E-state index in [4.69, 9.17) is 23.7 Å². The lowest BCUT2D eigenvalue weighted by atomic mass is 9.77. The second-order valence-electron chi connectivity index (χ2n) is 10.6. The third kappa shape index (κ3) is 7.33. The molecule has 9 heteroatoms. The summed E-state index contributed by atoms with van der Waals surface area (Å²) in [6, 6.07) is 14.7. The Bertz CT molecular complexity index is 1270. The first-order valence-electron chi connectivity index (χ1n) is 14.1. The van der Waals surface area contributed by atoms with E-state index in [1.54, 1.807) is 0 Å². The van der Waals surface area contributed by atoms with Crippen LogP contribution in [0, 0.1) is 0 Å². The maximum absolute atomic E-state index is 12.3. The Morgan fingerprint density at radius 2 is 1.39 bits per heavy atom. The summed E-state index contributed by atoms with van der Waals surface area (Å²) >= 11 is 0. The van der Waals surface area contributed by atoms with Crippen LogP contribution in [0.15, 0.2) is 42.5 Å². The van der Waals surface area contributed by atoms with Crippen LogP contribution in [0.25, 0.3) is 0 Å². The molecule has 1 fully saturated rings. The van der Waals surface area contributed by atoms with Gasteiger partial charge in [-0.25, -0.2) is 0 Å². The Balaban J connectivity index is 1.78. The lowest BCUT2D eigenvalue weighted by Gasteiger charge is -2.44. The molecular formula is C32H38O9. The van der Waals surface area contributed by atoms with Crippen LogP contribution in [-0.4, -0.2) is 54.9 Å². The summed E-state index contributed by atoms with van der Waals surface area (Å²) in [6.07, 6.45) is -1.44. The van der Waals surface area contributed by atoms with Crippen molar-refractivity contribution in [3.8, 4) is 0 Å². The van der Waals surface area contributed by atoms with Crippen molar-refractivity contribution in [2.45, 2.75) is 96.7 Å². The van der Waals surface area contributed by atoms with E-state index in [0.29, 0.717) is 5.56 Å². The lowest BCUT2D eigenvalue weighted by molar-refractivity contribution is -0.254. The summed E-state index contributed by atoms with van der Waals surface area (Å²) in [7, 11) is 0. The fraction of sp³-hybridized carbons (Fsp3) is 0.500. The van der Waals surface area contributed by atoms with Crippen molar-refractivity contribution in [2.24, 2.45) is 0 Å². The summed E-state index contributed by atoms with van der Waals surface area (Å²) < 4.78 is 28.5. The average molecular weight is 567 g/mol. The molecule has 2 aromatic carbocycles. The first-order valence-corrected chi connectivity index (χ1v) is 14.1. The Kier molecular flexibility index (Phi) is 9.81. The highest BCUT2D eigenvalue weighted by Crippen LogP contribution is 2.42. The van der Waals surface area contributed by atoms with Crippen LogP contribution >= 0.6 is 0 Å². The molecule has 1 aliphatic carbocycles. The van der Waals surface area contributed by atoms with Crippen molar-refractivity contribution >= 4 is 23.9 Å². The number of rotatable bonds is 8. The smallest absolute Gasteiger partial charge is 0.303 e. The molecule has 2 aromatic rings. The van der Waals surface area contributed by atoms with Gasteiger partial charge in [0.15, 0.2) is 18.3 Å². The van der Waals surface area contributed by atoms with Crippen LogP contribution in [0.5, 0.6) is 0 Å². The molecule has 6 atom stereocenters. The SMILES string of the molecule is CCc1ccc(C2CCCc3ccc(C4OC(COC(C)=O)C(OC(C)=O)[C@H](OC(C)=O)C4OC(C)=O)cc32)cc1. The first kappa shape index (κ1) is 30.2. The second kappa shape index (κ2) is 13.3. The number of fused-ring (bicyclic) bond motifs is 1. The van der Waals surface area contributed by atoms with Gasteiger partial charge < -0.3 is 23.7 Å². The van der Waals surface area contributed by atoms with Crippen molar-refractivity contribution in [2.75, 3.05) is 6.61 Å². The van der Waals surface area contributed by atoms with Gasteiger partial charge in [-0.3, -0.25) is 19.2 Å². The lowest BCUT2D eigenvalue weighted by Crippen LogP contribution is -2.59. The quantitative estimate of drug-likeness (QED) is 0.336. The molecule has 5 unspecified atom stereocenters. The predicted octanol–water partition coefficient (Wildman–Crippen LogP) is 4.52. The van der Waals surface area contributed by atoms with E-state index in [1.165, 1.54) is 44.4 Å². The van der Waals surface area contributed by atoms with Gasteiger partial charge in [-0.15, -0.1) is 0 Å². The van der Waals surface area contributed by atoms with Gasteiger partial charge in [0.25, 0.3) is 0 Å². The van der Waals surface area contributed by atoms with Gasteiger partial charge in [-0.05, 0) is 53.5 Å². The van der Waals surface area contributed by atoms with Crippen molar-refractivity contribution in [1.29, 1.82) is 0 Å². The Labute approximate surface area is 240 Å². The molecule has 2 aliphatic rings. The van der Waals surface area contributed by atoms with Crippen molar-refractivity contribution < 1.29 is 42.9 Å². The zero-order valence-corrected chi connectivity index (χ0v) is 24.2. The third-order valence-electron chi connectivity index (χ3n) is 7.59. The van der Waals surface area contributed by atoms with Gasteiger partial charge in [-0.1, -0.05) is 49.4 Å². The maximum atomic E-state index is 12.3. The number of ether oxygens (including phenoxy) is 5. The van der Waals surface area contributed by atoms with E-state index in [9.17, 15) is 19.2 Å².